The maximum atomic E-state index is 12.4. The van der Waals surface area contributed by atoms with Crippen molar-refractivity contribution >= 4 is 23.4 Å². The van der Waals surface area contributed by atoms with Crippen molar-refractivity contribution in [3.63, 3.8) is 0 Å². The van der Waals surface area contributed by atoms with Gasteiger partial charge in [0.2, 0.25) is 0 Å². The maximum Gasteiger partial charge on any atom is 0.323 e. The molecule has 1 unspecified atom stereocenters. The summed E-state index contributed by atoms with van der Waals surface area (Å²) in [6, 6.07) is 14.0. The van der Waals surface area contributed by atoms with Gasteiger partial charge in [0, 0.05) is 17.0 Å². The minimum atomic E-state index is -0.641. The van der Waals surface area contributed by atoms with E-state index in [-0.39, 0.29) is 12.3 Å². The summed E-state index contributed by atoms with van der Waals surface area (Å²) >= 11 is 1.33. The lowest BCUT2D eigenvalue weighted by Crippen LogP contribution is -2.14. The fraction of sp³-hybridized carbons (Fsp3) is 0.235. The largest absolute Gasteiger partial charge is 0.465 e. The molecule has 0 saturated heterocycles. The van der Waals surface area contributed by atoms with Crippen LogP contribution in [0.15, 0.2) is 53.4 Å². The number of benzene rings is 2. The van der Waals surface area contributed by atoms with Gasteiger partial charge < -0.3 is 4.74 Å². The fourth-order valence-corrected chi connectivity index (χ4v) is 3.25. The molecule has 0 aliphatic heterocycles. The number of esters is 1. The molecule has 0 aliphatic carbocycles. The highest BCUT2D eigenvalue weighted by atomic mass is 32.2. The smallest absolute Gasteiger partial charge is 0.323 e. The van der Waals surface area contributed by atoms with E-state index < -0.39 is 16.1 Å². The molecule has 0 bridgehead atoms. The van der Waals surface area contributed by atoms with Crippen LogP contribution in [-0.4, -0.2) is 17.5 Å². The van der Waals surface area contributed by atoms with Gasteiger partial charge in [0.25, 0.3) is 5.69 Å². The summed E-state index contributed by atoms with van der Waals surface area (Å²) in [7, 11) is 0. The van der Waals surface area contributed by atoms with Gasteiger partial charge in [-0.1, -0.05) is 24.3 Å². The topological polar surface area (TPSA) is 69.4 Å². The van der Waals surface area contributed by atoms with Gasteiger partial charge in [-0.2, -0.15) is 0 Å². The quantitative estimate of drug-likeness (QED) is 0.342. The van der Waals surface area contributed by atoms with Crippen LogP contribution in [0.25, 0.3) is 0 Å². The van der Waals surface area contributed by atoms with Crippen LogP contribution < -0.4 is 0 Å². The molecular formula is C17H17NO4S. The van der Waals surface area contributed by atoms with Crippen LogP contribution in [0.3, 0.4) is 0 Å². The second-order valence-corrected chi connectivity index (χ2v) is 6.04. The van der Waals surface area contributed by atoms with Crippen LogP contribution in [0, 0.1) is 17.0 Å². The van der Waals surface area contributed by atoms with Crippen LogP contribution in [0.1, 0.15) is 23.3 Å². The van der Waals surface area contributed by atoms with Crippen molar-refractivity contribution in [2.75, 3.05) is 6.61 Å². The van der Waals surface area contributed by atoms with E-state index in [0.29, 0.717) is 5.56 Å². The normalized spacial score (nSPS) is 11.7. The van der Waals surface area contributed by atoms with Crippen LogP contribution in [-0.2, 0) is 9.53 Å². The summed E-state index contributed by atoms with van der Waals surface area (Å²) in [4.78, 5) is 23.8. The molecule has 2 aromatic carbocycles. The second-order valence-electron chi connectivity index (χ2n) is 4.86. The van der Waals surface area contributed by atoms with Crippen molar-refractivity contribution in [3.8, 4) is 0 Å². The summed E-state index contributed by atoms with van der Waals surface area (Å²) in [6.45, 7) is 3.83. The number of nitro groups is 1. The molecule has 5 nitrogen and oxygen atoms in total. The third kappa shape index (κ3) is 4.32. The van der Waals surface area contributed by atoms with Gasteiger partial charge in [0.1, 0.15) is 5.25 Å². The van der Waals surface area contributed by atoms with Crippen LogP contribution in [0.5, 0.6) is 0 Å². The van der Waals surface area contributed by atoms with Crippen molar-refractivity contribution in [1.82, 2.24) is 0 Å². The Morgan fingerprint density at radius 2 is 1.96 bits per heavy atom. The third-order valence-corrected chi connectivity index (χ3v) is 4.48. The molecule has 2 rings (SSSR count). The average Bonchev–Trinajstić information content (AvgIpc) is 2.54. The van der Waals surface area contributed by atoms with E-state index in [1.165, 1.54) is 23.9 Å². The zero-order valence-corrected chi connectivity index (χ0v) is 13.7. The van der Waals surface area contributed by atoms with E-state index in [9.17, 15) is 14.9 Å². The van der Waals surface area contributed by atoms with Gasteiger partial charge in [-0.25, -0.2) is 0 Å². The van der Waals surface area contributed by atoms with Gasteiger partial charge in [-0.3, -0.25) is 14.9 Å². The Hall–Kier alpha value is -2.34. The average molecular weight is 331 g/mol. The monoisotopic (exact) mass is 331 g/mol. The number of non-ortho nitro benzene ring substituents is 1. The minimum Gasteiger partial charge on any atom is -0.465 e. The highest BCUT2D eigenvalue weighted by Gasteiger charge is 2.26. The molecule has 0 aromatic heterocycles. The zero-order chi connectivity index (χ0) is 16.8. The fourth-order valence-electron chi connectivity index (χ4n) is 2.12. The van der Waals surface area contributed by atoms with Gasteiger partial charge in [0.15, 0.2) is 0 Å². The Morgan fingerprint density at radius 3 is 2.57 bits per heavy atom. The first-order valence-corrected chi connectivity index (χ1v) is 8.04. The second kappa shape index (κ2) is 7.78. The highest BCUT2D eigenvalue weighted by molar-refractivity contribution is 8.00. The first-order valence-electron chi connectivity index (χ1n) is 7.16. The molecular weight excluding hydrogens is 314 g/mol. The Balaban J connectivity index is 2.42. The number of carbonyl (C=O) groups is 1. The van der Waals surface area contributed by atoms with Gasteiger partial charge in [-0.15, -0.1) is 11.8 Å². The number of hydrogen-bond acceptors (Lipinski definition) is 5. The Kier molecular flexibility index (Phi) is 5.76. The molecule has 0 heterocycles. The SMILES string of the molecule is CCOC(=O)C(Sc1ccccc1)c1cc([N+](=O)[O-])ccc1C. The number of aryl methyl sites for hydroxylation is 1. The third-order valence-electron chi connectivity index (χ3n) is 3.25. The van der Waals surface area contributed by atoms with Crippen LogP contribution in [0.2, 0.25) is 0 Å². The summed E-state index contributed by atoms with van der Waals surface area (Å²) < 4.78 is 5.16. The number of nitro benzene ring substituents is 1. The molecule has 120 valence electrons. The van der Waals surface area contributed by atoms with Gasteiger partial charge in [0.05, 0.1) is 11.5 Å². The van der Waals surface area contributed by atoms with Crippen molar-refractivity contribution in [2.45, 2.75) is 24.0 Å². The molecule has 0 fully saturated rings. The first-order chi connectivity index (χ1) is 11.0. The molecule has 0 aliphatic rings. The Bertz CT molecular complexity index is 703. The lowest BCUT2D eigenvalue weighted by Gasteiger charge is -2.17. The lowest BCUT2D eigenvalue weighted by atomic mass is 10.0. The molecule has 0 radical (unpaired) electrons. The number of nitrogens with zero attached hydrogens (tertiary/aromatic N) is 1. The highest BCUT2D eigenvalue weighted by Crippen LogP contribution is 2.38. The van der Waals surface area contributed by atoms with Gasteiger partial charge >= 0.3 is 5.97 Å². The number of rotatable bonds is 6. The van der Waals surface area contributed by atoms with E-state index >= 15 is 0 Å². The van der Waals surface area contributed by atoms with Crippen molar-refractivity contribution in [3.05, 3.63) is 69.8 Å². The van der Waals surface area contributed by atoms with E-state index in [1.807, 2.05) is 37.3 Å². The molecule has 0 spiro atoms. The number of carbonyl (C=O) groups excluding carboxylic acids is 1. The molecule has 1 atom stereocenters. The summed E-state index contributed by atoms with van der Waals surface area (Å²) in [6.07, 6.45) is 0. The van der Waals surface area contributed by atoms with Crippen LogP contribution in [0.4, 0.5) is 5.69 Å². The summed E-state index contributed by atoms with van der Waals surface area (Å²) in [5.74, 6) is -0.398. The summed E-state index contributed by atoms with van der Waals surface area (Å²) in [5, 5.41) is 10.4. The summed E-state index contributed by atoms with van der Waals surface area (Å²) in [5.41, 5.74) is 1.39. The molecule has 0 saturated carbocycles. The minimum absolute atomic E-state index is 0.0337. The number of thioether (sulfide) groups is 1. The van der Waals surface area contributed by atoms with Crippen molar-refractivity contribution < 1.29 is 14.5 Å². The van der Waals surface area contributed by atoms with Crippen molar-refractivity contribution in [1.29, 1.82) is 0 Å². The molecule has 23 heavy (non-hydrogen) atoms. The molecule has 2 aromatic rings. The van der Waals surface area contributed by atoms with E-state index in [1.54, 1.807) is 13.0 Å². The molecule has 0 amide bonds. The van der Waals surface area contributed by atoms with Gasteiger partial charge in [-0.05, 0) is 37.1 Å². The standard InChI is InChI=1S/C17H17NO4S/c1-3-22-17(19)16(23-14-7-5-4-6-8-14)15-11-13(18(20)21)10-9-12(15)2/h4-11,16H,3H2,1-2H3. The molecule has 6 heteroatoms. The maximum absolute atomic E-state index is 12.4. The predicted octanol–water partition coefficient (Wildman–Crippen LogP) is 4.30. The van der Waals surface area contributed by atoms with E-state index in [0.717, 1.165) is 10.5 Å². The van der Waals surface area contributed by atoms with Crippen LogP contribution >= 0.6 is 11.8 Å². The zero-order valence-electron chi connectivity index (χ0n) is 12.9. The number of ether oxygens (including phenoxy) is 1. The van der Waals surface area contributed by atoms with E-state index in [4.69, 9.17) is 4.74 Å². The molecule has 0 N–H and O–H groups in total. The predicted molar refractivity (Wildman–Crippen MR) is 89.5 cm³/mol. The lowest BCUT2D eigenvalue weighted by molar-refractivity contribution is -0.384. The Morgan fingerprint density at radius 1 is 1.26 bits per heavy atom. The van der Waals surface area contributed by atoms with Crippen molar-refractivity contribution in [2.24, 2.45) is 0 Å². The first kappa shape index (κ1) is 17.0. The Labute approximate surface area is 138 Å². The number of hydrogen-bond donors (Lipinski definition) is 0. The van der Waals surface area contributed by atoms with E-state index in [2.05, 4.69) is 0 Å².